The zero-order valence-electron chi connectivity index (χ0n) is 10.3. The molecule has 3 rings (SSSR count). The van der Waals surface area contributed by atoms with Crippen LogP contribution in [0.15, 0.2) is 54.7 Å². The lowest BCUT2D eigenvalue weighted by Gasteiger charge is -2.07. The summed E-state index contributed by atoms with van der Waals surface area (Å²) in [6, 6.07) is 16.5. The van der Waals surface area contributed by atoms with Gasteiger partial charge in [-0.05, 0) is 23.3 Å². The third kappa shape index (κ3) is 1.86. The molecule has 0 fully saturated rings. The Morgan fingerprint density at radius 2 is 1.72 bits per heavy atom. The van der Waals surface area contributed by atoms with E-state index in [9.17, 15) is 0 Å². The summed E-state index contributed by atoms with van der Waals surface area (Å²) in [5, 5.41) is 1.28. The summed E-state index contributed by atoms with van der Waals surface area (Å²) in [5.74, 6) is 0.947. The van der Waals surface area contributed by atoms with Crippen LogP contribution < -0.4 is 4.74 Å². The van der Waals surface area contributed by atoms with E-state index < -0.39 is 0 Å². The quantitative estimate of drug-likeness (QED) is 0.737. The van der Waals surface area contributed by atoms with E-state index in [-0.39, 0.29) is 0 Å². The van der Waals surface area contributed by atoms with Crippen molar-refractivity contribution in [2.24, 2.45) is 0 Å². The van der Waals surface area contributed by atoms with Gasteiger partial charge in [0.1, 0.15) is 5.75 Å². The SMILES string of the molecule is COc1ccccc1Cc1c[nH]c2ccccc12. The highest BCUT2D eigenvalue weighted by atomic mass is 16.5. The van der Waals surface area contributed by atoms with Gasteiger partial charge in [0, 0.05) is 23.5 Å². The van der Waals surface area contributed by atoms with E-state index in [0.717, 1.165) is 12.2 Å². The lowest BCUT2D eigenvalue weighted by molar-refractivity contribution is 0.410. The van der Waals surface area contributed by atoms with Crippen molar-refractivity contribution in [3.8, 4) is 5.75 Å². The molecule has 2 heteroatoms. The number of H-pyrrole nitrogens is 1. The minimum atomic E-state index is 0.883. The van der Waals surface area contributed by atoms with Crippen molar-refractivity contribution >= 4 is 10.9 Å². The van der Waals surface area contributed by atoms with Crippen molar-refractivity contribution in [1.29, 1.82) is 0 Å². The van der Waals surface area contributed by atoms with Crippen molar-refractivity contribution < 1.29 is 4.74 Å². The van der Waals surface area contributed by atoms with Crippen molar-refractivity contribution in [2.75, 3.05) is 7.11 Å². The molecule has 1 aromatic heterocycles. The molecule has 18 heavy (non-hydrogen) atoms. The van der Waals surface area contributed by atoms with E-state index in [1.807, 2.05) is 24.3 Å². The smallest absolute Gasteiger partial charge is 0.122 e. The van der Waals surface area contributed by atoms with Crippen molar-refractivity contribution in [3.63, 3.8) is 0 Å². The van der Waals surface area contributed by atoms with Gasteiger partial charge in [-0.1, -0.05) is 36.4 Å². The van der Waals surface area contributed by atoms with E-state index >= 15 is 0 Å². The van der Waals surface area contributed by atoms with Crippen molar-refractivity contribution in [2.45, 2.75) is 6.42 Å². The Kier molecular flexibility index (Phi) is 2.77. The summed E-state index contributed by atoms with van der Waals surface area (Å²) in [7, 11) is 1.72. The van der Waals surface area contributed by atoms with Crippen LogP contribution in [0.5, 0.6) is 5.75 Å². The number of nitrogens with one attached hydrogen (secondary N) is 1. The maximum Gasteiger partial charge on any atom is 0.122 e. The highest BCUT2D eigenvalue weighted by Crippen LogP contribution is 2.25. The number of aromatic nitrogens is 1. The number of rotatable bonds is 3. The number of para-hydroxylation sites is 2. The second-order valence-electron chi connectivity index (χ2n) is 4.35. The molecule has 90 valence electrons. The predicted molar refractivity (Wildman–Crippen MR) is 74.1 cm³/mol. The van der Waals surface area contributed by atoms with Gasteiger partial charge in [-0.3, -0.25) is 0 Å². The molecule has 0 saturated carbocycles. The second-order valence-corrected chi connectivity index (χ2v) is 4.35. The van der Waals surface area contributed by atoms with Crippen LogP contribution in [0.4, 0.5) is 0 Å². The standard InChI is InChI=1S/C16H15NO/c1-18-16-9-5-2-6-12(16)10-13-11-17-15-8-4-3-7-14(13)15/h2-9,11,17H,10H2,1H3. The molecule has 0 radical (unpaired) electrons. The van der Waals surface area contributed by atoms with Gasteiger partial charge in [-0.2, -0.15) is 0 Å². The van der Waals surface area contributed by atoms with Crippen LogP contribution in [0.2, 0.25) is 0 Å². The summed E-state index contributed by atoms with van der Waals surface area (Å²) >= 11 is 0. The van der Waals surface area contributed by atoms with Gasteiger partial charge in [0.2, 0.25) is 0 Å². The summed E-state index contributed by atoms with van der Waals surface area (Å²) in [5.41, 5.74) is 3.70. The summed E-state index contributed by atoms with van der Waals surface area (Å²) < 4.78 is 5.40. The Morgan fingerprint density at radius 3 is 2.61 bits per heavy atom. The van der Waals surface area contributed by atoms with Crippen LogP contribution in [-0.4, -0.2) is 12.1 Å². The van der Waals surface area contributed by atoms with E-state index in [1.54, 1.807) is 7.11 Å². The highest BCUT2D eigenvalue weighted by molar-refractivity contribution is 5.83. The Balaban J connectivity index is 2.01. The van der Waals surface area contributed by atoms with Crippen LogP contribution >= 0.6 is 0 Å². The lowest BCUT2D eigenvalue weighted by atomic mass is 10.0. The zero-order valence-corrected chi connectivity index (χ0v) is 10.3. The molecule has 3 aromatic rings. The first kappa shape index (κ1) is 10.9. The Morgan fingerprint density at radius 1 is 0.944 bits per heavy atom. The van der Waals surface area contributed by atoms with Gasteiger partial charge in [0.15, 0.2) is 0 Å². The summed E-state index contributed by atoms with van der Waals surface area (Å²) in [6.07, 6.45) is 2.96. The molecule has 1 N–H and O–H groups in total. The number of methoxy groups -OCH3 is 1. The fourth-order valence-corrected chi connectivity index (χ4v) is 2.33. The molecular weight excluding hydrogens is 222 g/mol. The van der Waals surface area contributed by atoms with Gasteiger partial charge in [-0.15, -0.1) is 0 Å². The van der Waals surface area contributed by atoms with Gasteiger partial charge >= 0.3 is 0 Å². The van der Waals surface area contributed by atoms with Crippen LogP contribution in [-0.2, 0) is 6.42 Å². The molecule has 0 atom stereocenters. The first-order valence-electron chi connectivity index (χ1n) is 6.05. The van der Waals surface area contributed by atoms with E-state index in [2.05, 4.69) is 35.4 Å². The topological polar surface area (TPSA) is 25.0 Å². The Bertz CT molecular complexity index is 669. The zero-order chi connectivity index (χ0) is 12.4. The van der Waals surface area contributed by atoms with Crippen LogP contribution in [0.25, 0.3) is 10.9 Å². The maximum absolute atomic E-state index is 5.40. The number of benzene rings is 2. The lowest BCUT2D eigenvalue weighted by Crippen LogP contribution is -1.92. The molecule has 2 nitrogen and oxygen atoms in total. The molecule has 0 saturated heterocycles. The van der Waals surface area contributed by atoms with Crippen molar-refractivity contribution in [3.05, 3.63) is 65.9 Å². The molecule has 0 aliphatic carbocycles. The molecular formula is C16H15NO. The molecule has 2 aromatic carbocycles. The molecule has 0 bridgehead atoms. The largest absolute Gasteiger partial charge is 0.496 e. The number of hydrogen-bond donors (Lipinski definition) is 1. The molecule has 0 unspecified atom stereocenters. The molecule has 0 aliphatic rings. The average molecular weight is 237 g/mol. The third-order valence-corrected chi connectivity index (χ3v) is 3.25. The first-order chi connectivity index (χ1) is 8.88. The fraction of sp³-hybridized carbons (Fsp3) is 0.125. The van der Waals surface area contributed by atoms with Crippen molar-refractivity contribution in [1.82, 2.24) is 4.98 Å². The second kappa shape index (κ2) is 4.57. The van der Waals surface area contributed by atoms with Crippen LogP contribution in [0.3, 0.4) is 0 Å². The number of hydrogen-bond acceptors (Lipinski definition) is 1. The Hall–Kier alpha value is -2.22. The third-order valence-electron chi connectivity index (χ3n) is 3.25. The maximum atomic E-state index is 5.40. The van der Waals surface area contributed by atoms with E-state index in [4.69, 9.17) is 4.74 Å². The fourth-order valence-electron chi connectivity index (χ4n) is 2.33. The summed E-state index contributed by atoms with van der Waals surface area (Å²) in [4.78, 5) is 3.31. The minimum Gasteiger partial charge on any atom is -0.496 e. The van der Waals surface area contributed by atoms with Gasteiger partial charge in [0.05, 0.1) is 7.11 Å². The first-order valence-corrected chi connectivity index (χ1v) is 6.05. The minimum absolute atomic E-state index is 0.883. The van der Waals surface area contributed by atoms with Gasteiger partial charge < -0.3 is 9.72 Å². The van der Waals surface area contributed by atoms with Crippen LogP contribution in [0, 0.1) is 0 Å². The van der Waals surface area contributed by atoms with E-state index in [1.165, 1.54) is 22.0 Å². The summed E-state index contributed by atoms with van der Waals surface area (Å²) in [6.45, 7) is 0. The van der Waals surface area contributed by atoms with Gasteiger partial charge in [-0.25, -0.2) is 0 Å². The van der Waals surface area contributed by atoms with Crippen LogP contribution in [0.1, 0.15) is 11.1 Å². The van der Waals surface area contributed by atoms with Gasteiger partial charge in [0.25, 0.3) is 0 Å². The predicted octanol–water partition coefficient (Wildman–Crippen LogP) is 3.77. The highest BCUT2D eigenvalue weighted by Gasteiger charge is 2.07. The average Bonchev–Trinajstić information content (AvgIpc) is 2.83. The normalized spacial score (nSPS) is 10.7. The number of aromatic amines is 1. The molecule has 1 heterocycles. The number of ether oxygens (including phenoxy) is 1. The molecule has 0 aliphatic heterocycles. The monoisotopic (exact) mass is 237 g/mol. The van der Waals surface area contributed by atoms with E-state index in [0.29, 0.717) is 0 Å². The Labute approximate surface area is 106 Å². The number of fused-ring (bicyclic) bond motifs is 1. The molecule has 0 spiro atoms. The molecule has 0 amide bonds.